The van der Waals surface area contributed by atoms with Gasteiger partial charge in [-0.05, 0) is 39.1 Å². The van der Waals surface area contributed by atoms with Gasteiger partial charge in [-0.2, -0.15) is 0 Å². The highest BCUT2D eigenvalue weighted by Crippen LogP contribution is 2.33. The van der Waals surface area contributed by atoms with Crippen LogP contribution >= 0.6 is 11.6 Å². The van der Waals surface area contributed by atoms with Crippen molar-refractivity contribution >= 4 is 11.6 Å². The quantitative estimate of drug-likeness (QED) is 0.909. The Kier molecular flexibility index (Phi) is 3.73. The van der Waals surface area contributed by atoms with Gasteiger partial charge in [-0.3, -0.25) is 0 Å². The fourth-order valence-corrected chi connectivity index (χ4v) is 2.45. The van der Waals surface area contributed by atoms with Gasteiger partial charge in [0.2, 0.25) is 0 Å². The first-order valence-corrected chi connectivity index (χ1v) is 6.10. The standard InChI is InChI=1S/C14H15ClFNO/c1-8-7-10(9(2)18-8)14(17-3)13-11(15)5-4-6-12(13)16/h4-7,14,17H,1-3H3. The summed E-state index contributed by atoms with van der Waals surface area (Å²) in [6, 6.07) is 6.29. The van der Waals surface area contributed by atoms with Crippen molar-refractivity contribution in [3.05, 3.63) is 57.8 Å². The lowest BCUT2D eigenvalue weighted by Gasteiger charge is -2.18. The highest BCUT2D eigenvalue weighted by atomic mass is 35.5. The van der Waals surface area contributed by atoms with E-state index >= 15 is 0 Å². The van der Waals surface area contributed by atoms with Crippen LogP contribution in [0.25, 0.3) is 0 Å². The van der Waals surface area contributed by atoms with Crippen LogP contribution in [0, 0.1) is 19.7 Å². The molecule has 0 radical (unpaired) electrons. The molecule has 0 aliphatic carbocycles. The van der Waals surface area contributed by atoms with Crippen LogP contribution in [0.5, 0.6) is 0 Å². The Morgan fingerprint density at radius 3 is 2.56 bits per heavy atom. The monoisotopic (exact) mass is 267 g/mol. The average Bonchev–Trinajstić information content (AvgIpc) is 2.63. The number of rotatable bonds is 3. The van der Waals surface area contributed by atoms with Crippen LogP contribution in [0.1, 0.15) is 28.7 Å². The molecule has 1 atom stereocenters. The second-order valence-electron chi connectivity index (χ2n) is 4.23. The topological polar surface area (TPSA) is 25.2 Å². The third kappa shape index (κ3) is 2.28. The number of halogens is 2. The van der Waals surface area contributed by atoms with Crippen molar-refractivity contribution < 1.29 is 8.81 Å². The lowest BCUT2D eigenvalue weighted by molar-refractivity contribution is 0.495. The molecule has 1 aromatic heterocycles. The van der Waals surface area contributed by atoms with E-state index in [0.717, 1.165) is 17.1 Å². The number of aryl methyl sites for hydroxylation is 2. The Labute approximate surface area is 111 Å². The smallest absolute Gasteiger partial charge is 0.129 e. The van der Waals surface area contributed by atoms with E-state index in [4.69, 9.17) is 16.0 Å². The molecule has 2 aromatic rings. The maximum Gasteiger partial charge on any atom is 0.129 e. The molecule has 0 saturated carbocycles. The number of nitrogens with one attached hydrogen (secondary N) is 1. The summed E-state index contributed by atoms with van der Waals surface area (Å²) in [7, 11) is 1.77. The van der Waals surface area contributed by atoms with Gasteiger partial charge in [0, 0.05) is 16.1 Å². The van der Waals surface area contributed by atoms with Crippen molar-refractivity contribution in [3.63, 3.8) is 0 Å². The fraction of sp³-hybridized carbons (Fsp3) is 0.286. The summed E-state index contributed by atoms with van der Waals surface area (Å²) in [5.74, 6) is 1.25. The van der Waals surface area contributed by atoms with E-state index in [0.29, 0.717) is 10.6 Å². The number of hydrogen-bond acceptors (Lipinski definition) is 2. The summed E-state index contributed by atoms with van der Waals surface area (Å²) in [6.45, 7) is 3.73. The zero-order valence-electron chi connectivity index (χ0n) is 10.6. The zero-order valence-corrected chi connectivity index (χ0v) is 11.3. The van der Waals surface area contributed by atoms with Gasteiger partial charge in [0.05, 0.1) is 6.04 Å². The van der Waals surface area contributed by atoms with Gasteiger partial charge in [-0.15, -0.1) is 0 Å². The molecule has 0 saturated heterocycles. The molecule has 96 valence electrons. The van der Waals surface area contributed by atoms with Crippen molar-refractivity contribution in [1.29, 1.82) is 0 Å². The van der Waals surface area contributed by atoms with Crippen LogP contribution in [0.2, 0.25) is 5.02 Å². The van der Waals surface area contributed by atoms with E-state index in [-0.39, 0.29) is 11.9 Å². The predicted octanol–water partition coefficient (Wildman–Crippen LogP) is 4.00. The Morgan fingerprint density at radius 1 is 1.33 bits per heavy atom. The molecule has 1 N–H and O–H groups in total. The molecule has 2 rings (SSSR count). The number of hydrogen-bond donors (Lipinski definition) is 1. The second kappa shape index (κ2) is 5.12. The largest absolute Gasteiger partial charge is 0.466 e. The third-order valence-corrected chi connectivity index (χ3v) is 3.30. The molecule has 1 unspecified atom stereocenters. The summed E-state index contributed by atoms with van der Waals surface area (Å²) in [4.78, 5) is 0. The Balaban J connectivity index is 2.55. The van der Waals surface area contributed by atoms with E-state index < -0.39 is 0 Å². The van der Waals surface area contributed by atoms with Crippen LogP contribution in [0.15, 0.2) is 28.7 Å². The van der Waals surface area contributed by atoms with Crippen molar-refractivity contribution in [1.82, 2.24) is 5.32 Å². The first-order valence-electron chi connectivity index (χ1n) is 5.72. The molecule has 4 heteroatoms. The molecule has 1 aromatic carbocycles. The van der Waals surface area contributed by atoms with Crippen molar-refractivity contribution in [3.8, 4) is 0 Å². The van der Waals surface area contributed by atoms with Crippen LogP contribution in [0.3, 0.4) is 0 Å². The zero-order chi connectivity index (χ0) is 13.3. The summed E-state index contributed by atoms with van der Waals surface area (Å²) in [5, 5.41) is 3.50. The first-order chi connectivity index (χ1) is 8.54. The molecule has 0 bridgehead atoms. The fourth-order valence-electron chi connectivity index (χ4n) is 2.18. The summed E-state index contributed by atoms with van der Waals surface area (Å²) in [5.41, 5.74) is 1.35. The van der Waals surface area contributed by atoms with Gasteiger partial charge >= 0.3 is 0 Å². The summed E-state index contributed by atoms with van der Waals surface area (Å²) < 4.78 is 19.4. The SMILES string of the molecule is CNC(c1cc(C)oc1C)c1c(F)cccc1Cl. The van der Waals surface area contributed by atoms with Gasteiger partial charge in [0.1, 0.15) is 17.3 Å². The molecule has 18 heavy (non-hydrogen) atoms. The van der Waals surface area contributed by atoms with Gasteiger partial charge in [-0.25, -0.2) is 4.39 Å². The number of furan rings is 1. The molecule has 0 spiro atoms. The maximum atomic E-state index is 14.0. The molecule has 2 nitrogen and oxygen atoms in total. The lowest BCUT2D eigenvalue weighted by atomic mass is 9.98. The molecule has 0 aliphatic heterocycles. The summed E-state index contributed by atoms with van der Waals surface area (Å²) >= 11 is 6.10. The Bertz CT molecular complexity index is 545. The average molecular weight is 268 g/mol. The minimum Gasteiger partial charge on any atom is -0.466 e. The second-order valence-corrected chi connectivity index (χ2v) is 4.63. The Morgan fingerprint density at radius 2 is 2.06 bits per heavy atom. The van der Waals surface area contributed by atoms with Gasteiger partial charge < -0.3 is 9.73 Å². The normalized spacial score (nSPS) is 12.7. The molecule has 0 aliphatic rings. The lowest BCUT2D eigenvalue weighted by Crippen LogP contribution is -2.19. The van der Waals surface area contributed by atoms with Crippen molar-refractivity contribution in [2.24, 2.45) is 0 Å². The molecule has 0 amide bonds. The summed E-state index contributed by atoms with van der Waals surface area (Å²) in [6.07, 6.45) is 0. The van der Waals surface area contributed by atoms with E-state index in [9.17, 15) is 4.39 Å². The van der Waals surface area contributed by atoms with Crippen LogP contribution in [-0.2, 0) is 0 Å². The van der Waals surface area contributed by atoms with Gasteiger partial charge in [0.25, 0.3) is 0 Å². The minimum atomic E-state index is -0.319. The van der Waals surface area contributed by atoms with Gasteiger partial charge in [0.15, 0.2) is 0 Å². The van der Waals surface area contributed by atoms with E-state index in [1.165, 1.54) is 6.07 Å². The highest BCUT2D eigenvalue weighted by Gasteiger charge is 2.22. The minimum absolute atomic E-state index is 0.309. The first kappa shape index (κ1) is 13.1. The third-order valence-electron chi connectivity index (χ3n) is 2.97. The number of benzene rings is 1. The van der Waals surface area contributed by atoms with Crippen LogP contribution in [0.4, 0.5) is 4.39 Å². The molecular weight excluding hydrogens is 253 g/mol. The molecule has 0 fully saturated rings. The van der Waals surface area contributed by atoms with E-state index in [1.54, 1.807) is 19.2 Å². The highest BCUT2D eigenvalue weighted by molar-refractivity contribution is 6.31. The molecule has 1 heterocycles. The van der Waals surface area contributed by atoms with E-state index in [2.05, 4.69) is 5.32 Å². The van der Waals surface area contributed by atoms with Crippen molar-refractivity contribution in [2.45, 2.75) is 19.9 Å². The van der Waals surface area contributed by atoms with Crippen molar-refractivity contribution in [2.75, 3.05) is 7.05 Å². The predicted molar refractivity (Wildman–Crippen MR) is 70.5 cm³/mol. The maximum absolute atomic E-state index is 14.0. The Hall–Kier alpha value is -1.32. The van der Waals surface area contributed by atoms with E-state index in [1.807, 2.05) is 19.9 Å². The molecular formula is C14H15ClFNO. The van der Waals surface area contributed by atoms with Gasteiger partial charge in [-0.1, -0.05) is 17.7 Å². The van der Waals surface area contributed by atoms with Crippen LogP contribution in [-0.4, -0.2) is 7.05 Å². The van der Waals surface area contributed by atoms with Crippen LogP contribution < -0.4 is 5.32 Å².